The van der Waals surface area contributed by atoms with Crippen molar-refractivity contribution in [2.45, 2.75) is 51.7 Å². The van der Waals surface area contributed by atoms with Crippen LogP contribution in [0.15, 0.2) is 0 Å². The molecule has 0 aromatic heterocycles. The molecule has 0 radical (unpaired) electrons. The third-order valence-corrected chi connectivity index (χ3v) is 3.67. The molecule has 8 nitrogen and oxygen atoms in total. The maximum absolute atomic E-state index is 12.3. The number of carbonyl (C=O) groups is 3. The van der Waals surface area contributed by atoms with Gasteiger partial charge >= 0.3 is 18.2 Å². The summed E-state index contributed by atoms with van der Waals surface area (Å²) < 4.78 is 9.25. The first-order valence-electron chi connectivity index (χ1n) is 7.27. The fourth-order valence-corrected chi connectivity index (χ4v) is 2.30. The number of hydrogen-bond donors (Lipinski definition) is 2. The van der Waals surface area contributed by atoms with Crippen LogP contribution in [0.25, 0.3) is 0 Å². The van der Waals surface area contributed by atoms with Crippen LogP contribution in [0, 0.1) is 0 Å². The maximum atomic E-state index is 12.3. The normalized spacial score (nSPS) is 28.8. The molecular formula is C14H25N2O6+. The van der Waals surface area contributed by atoms with Crippen molar-refractivity contribution in [1.29, 1.82) is 0 Å². The molecule has 3 N–H and O–H groups in total. The zero-order valence-electron chi connectivity index (χ0n) is 13.5. The monoisotopic (exact) mass is 317 g/mol. The van der Waals surface area contributed by atoms with Crippen LogP contribution in [0.2, 0.25) is 0 Å². The lowest BCUT2D eigenvalue weighted by Gasteiger charge is -2.39. The summed E-state index contributed by atoms with van der Waals surface area (Å²) in [5.41, 5.74) is 3.96. The van der Waals surface area contributed by atoms with Crippen LogP contribution in [-0.2, 0) is 14.3 Å². The Morgan fingerprint density at radius 3 is 2.09 bits per heavy atom. The molecule has 1 heterocycles. The highest BCUT2D eigenvalue weighted by atomic mass is 16.6. The van der Waals surface area contributed by atoms with Crippen molar-refractivity contribution in [3.63, 3.8) is 0 Å². The lowest BCUT2D eigenvalue weighted by molar-refractivity contribution is -0.793. The SMILES string of the molecule is CCOC(=O)C1(N)CC[N+](C(=O)O)(C(=O)OC(C)(C)C)CC1. The zero-order chi connectivity index (χ0) is 17.2. The number of quaternary nitrogens is 1. The molecule has 8 heteroatoms. The van der Waals surface area contributed by atoms with Crippen LogP contribution in [0.1, 0.15) is 40.5 Å². The molecule has 1 rings (SSSR count). The van der Waals surface area contributed by atoms with Gasteiger partial charge in [-0.2, -0.15) is 9.59 Å². The molecule has 0 saturated carbocycles. The number of amides is 2. The van der Waals surface area contributed by atoms with E-state index in [9.17, 15) is 19.5 Å². The molecule has 0 bridgehead atoms. The number of likely N-dealkylation sites (tertiary alicyclic amines) is 1. The summed E-state index contributed by atoms with van der Waals surface area (Å²) in [6, 6.07) is 0. The van der Waals surface area contributed by atoms with Crippen LogP contribution in [0.4, 0.5) is 9.59 Å². The molecule has 126 valence electrons. The average molecular weight is 317 g/mol. The van der Waals surface area contributed by atoms with Gasteiger partial charge in [-0.3, -0.25) is 4.79 Å². The van der Waals surface area contributed by atoms with E-state index in [-0.39, 0.29) is 32.5 Å². The molecule has 1 saturated heterocycles. The number of rotatable bonds is 2. The Kier molecular flexibility index (Phi) is 5.19. The van der Waals surface area contributed by atoms with E-state index in [0.29, 0.717) is 0 Å². The molecule has 0 aromatic carbocycles. The minimum atomic E-state index is -1.31. The molecule has 0 unspecified atom stereocenters. The second-order valence-corrected chi connectivity index (χ2v) is 6.55. The lowest BCUT2D eigenvalue weighted by atomic mass is 9.87. The van der Waals surface area contributed by atoms with E-state index in [2.05, 4.69) is 0 Å². The second-order valence-electron chi connectivity index (χ2n) is 6.55. The molecule has 1 fully saturated rings. The molecule has 2 amide bonds. The molecule has 0 atom stereocenters. The molecular weight excluding hydrogens is 292 g/mol. The van der Waals surface area contributed by atoms with E-state index in [1.54, 1.807) is 27.7 Å². The van der Waals surface area contributed by atoms with Gasteiger partial charge in [0.1, 0.15) is 24.2 Å². The van der Waals surface area contributed by atoms with Gasteiger partial charge in [-0.1, -0.05) is 0 Å². The minimum absolute atomic E-state index is 0.0391. The summed E-state index contributed by atoms with van der Waals surface area (Å²) in [7, 11) is 0. The maximum Gasteiger partial charge on any atom is 0.527 e. The van der Waals surface area contributed by atoms with Gasteiger partial charge in [-0.25, -0.2) is 0 Å². The molecule has 1 aliphatic heterocycles. The van der Waals surface area contributed by atoms with Gasteiger partial charge < -0.3 is 20.3 Å². The summed E-state index contributed by atoms with van der Waals surface area (Å²) in [5, 5.41) is 9.48. The number of carboxylic acid groups (broad SMARTS) is 1. The third-order valence-electron chi connectivity index (χ3n) is 3.67. The van der Waals surface area contributed by atoms with E-state index in [0.717, 1.165) is 0 Å². The van der Waals surface area contributed by atoms with Gasteiger partial charge in [0.15, 0.2) is 0 Å². The number of piperidine rings is 1. The van der Waals surface area contributed by atoms with Crippen LogP contribution in [0.5, 0.6) is 0 Å². The first-order chi connectivity index (χ1) is 9.97. The number of esters is 1. The summed E-state index contributed by atoms with van der Waals surface area (Å²) in [6.45, 7) is 6.64. The zero-order valence-corrected chi connectivity index (χ0v) is 13.5. The fourth-order valence-electron chi connectivity index (χ4n) is 2.30. The van der Waals surface area contributed by atoms with Crippen LogP contribution >= 0.6 is 0 Å². The van der Waals surface area contributed by atoms with E-state index >= 15 is 0 Å². The third kappa shape index (κ3) is 3.75. The Labute approximate surface area is 129 Å². The van der Waals surface area contributed by atoms with Gasteiger partial charge in [-0.05, 0) is 27.7 Å². The van der Waals surface area contributed by atoms with Crippen molar-refractivity contribution in [1.82, 2.24) is 0 Å². The molecule has 0 spiro atoms. The number of nitrogens with zero attached hydrogens (tertiary/aromatic N) is 1. The Morgan fingerprint density at radius 2 is 1.73 bits per heavy atom. The molecule has 0 aromatic rings. The molecule has 22 heavy (non-hydrogen) atoms. The van der Waals surface area contributed by atoms with E-state index < -0.39 is 33.8 Å². The summed E-state index contributed by atoms with van der Waals surface area (Å²) in [6.07, 6.45) is -2.07. The lowest BCUT2D eigenvalue weighted by Crippen LogP contribution is -2.67. The number of nitrogens with two attached hydrogens (primary N) is 1. The quantitative estimate of drug-likeness (QED) is 0.585. The fraction of sp³-hybridized carbons (Fsp3) is 0.786. The number of hydrogen-bond acceptors (Lipinski definition) is 6. The van der Waals surface area contributed by atoms with Crippen molar-refractivity contribution in [3.05, 3.63) is 0 Å². The molecule has 0 aliphatic carbocycles. The summed E-state index contributed by atoms with van der Waals surface area (Å²) in [5.74, 6) is -0.567. The largest absolute Gasteiger partial charge is 0.527 e. The van der Waals surface area contributed by atoms with Gasteiger partial charge in [0.05, 0.1) is 6.61 Å². The van der Waals surface area contributed by atoms with Gasteiger partial charge in [0, 0.05) is 12.8 Å². The van der Waals surface area contributed by atoms with Crippen molar-refractivity contribution in [2.75, 3.05) is 19.7 Å². The van der Waals surface area contributed by atoms with E-state index in [4.69, 9.17) is 15.2 Å². The van der Waals surface area contributed by atoms with Gasteiger partial charge in [-0.15, -0.1) is 4.48 Å². The Morgan fingerprint density at radius 1 is 1.23 bits per heavy atom. The van der Waals surface area contributed by atoms with Gasteiger partial charge in [0.25, 0.3) is 0 Å². The summed E-state index contributed by atoms with van der Waals surface area (Å²) >= 11 is 0. The smallest absolute Gasteiger partial charge is 0.465 e. The topological polar surface area (TPSA) is 116 Å². The minimum Gasteiger partial charge on any atom is -0.465 e. The van der Waals surface area contributed by atoms with Crippen molar-refractivity contribution < 1.29 is 33.4 Å². The Hall–Kier alpha value is -1.67. The number of ether oxygens (including phenoxy) is 2. The second kappa shape index (κ2) is 6.21. The number of imide groups is 1. The van der Waals surface area contributed by atoms with Crippen LogP contribution in [0.3, 0.4) is 0 Å². The highest BCUT2D eigenvalue weighted by Gasteiger charge is 2.56. The molecule has 1 aliphatic rings. The van der Waals surface area contributed by atoms with Crippen molar-refractivity contribution >= 4 is 18.2 Å². The van der Waals surface area contributed by atoms with Crippen molar-refractivity contribution in [3.8, 4) is 0 Å². The predicted octanol–water partition coefficient (Wildman–Crippen LogP) is 1.47. The van der Waals surface area contributed by atoms with Crippen LogP contribution < -0.4 is 5.73 Å². The van der Waals surface area contributed by atoms with E-state index in [1.165, 1.54) is 0 Å². The Balaban J connectivity index is 2.92. The Bertz CT molecular complexity index is 460. The number of carbonyl (C=O) groups excluding carboxylic acids is 2. The standard InChI is InChI=1S/C14H24N2O6/c1-5-21-10(17)14(15)6-8-16(9-7-14,11(18)19)12(20)22-13(2,3)4/h5-9,15H2,1-4H3/p+1. The average Bonchev–Trinajstić information content (AvgIpc) is 2.37. The highest BCUT2D eigenvalue weighted by molar-refractivity contribution is 5.81. The van der Waals surface area contributed by atoms with Crippen molar-refractivity contribution in [2.24, 2.45) is 5.73 Å². The van der Waals surface area contributed by atoms with E-state index in [1.807, 2.05) is 0 Å². The first-order valence-corrected chi connectivity index (χ1v) is 7.27. The highest BCUT2D eigenvalue weighted by Crippen LogP contribution is 2.29. The van der Waals surface area contributed by atoms with Gasteiger partial charge in [0.2, 0.25) is 0 Å². The first kappa shape index (κ1) is 18.4. The van der Waals surface area contributed by atoms with Crippen LogP contribution in [-0.4, -0.2) is 58.6 Å². The summed E-state index contributed by atoms with van der Waals surface area (Å²) in [4.78, 5) is 35.8. The predicted molar refractivity (Wildman–Crippen MR) is 77.0 cm³/mol.